The lowest BCUT2D eigenvalue weighted by Crippen LogP contribution is -2.42. The van der Waals surface area contributed by atoms with Crippen molar-refractivity contribution in [2.24, 2.45) is 17.6 Å². The molecule has 2 aliphatic rings. The van der Waals surface area contributed by atoms with Crippen LogP contribution in [-0.4, -0.2) is 35.7 Å². The second-order valence-corrected chi connectivity index (χ2v) is 6.63. The summed E-state index contributed by atoms with van der Waals surface area (Å²) >= 11 is 0. The number of nitrogens with two attached hydrogens (primary N) is 1. The van der Waals surface area contributed by atoms with Crippen molar-refractivity contribution >= 4 is 6.09 Å². The van der Waals surface area contributed by atoms with Crippen molar-refractivity contribution in [1.82, 2.24) is 4.90 Å². The van der Waals surface area contributed by atoms with Crippen LogP contribution in [0.15, 0.2) is 0 Å². The van der Waals surface area contributed by atoms with E-state index in [4.69, 9.17) is 10.5 Å². The number of rotatable bonds is 3. The maximum Gasteiger partial charge on any atom is 0.410 e. The van der Waals surface area contributed by atoms with Crippen LogP contribution >= 0.6 is 0 Å². The number of hydrogen-bond acceptors (Lipinski definition) is 3. The largest absolute Gasteiger partial charge is 0.444 e. The van der Waals surface area contributed by atoms with Crippen molar-refractivity contribution in [3.8, 4) is 0 Å². The van der Waals surface area contributed by atoms with Crippen LogP contribution in [0.1, 0.15) is 46.5 Å². The standard InChI is InChI=1S/C14H26N2O2/c1-14(2,3)18-13(17)16-9-7-11(6-8-15)12(16)10-4-5-10/h10-12H,4-9,15H2,1-3H3. The van der Waals surface area contributed by atoms with Gasteiger partial charge in [-0.3, -0.25) is 0 Å². The van der Waals surface area contributed by atoms with Gasteiger partial charge in [0.15, 0.2) is 0 Å². The van der Waals surface area contributed by atoms with Gasteiger partial charge in [-0.05, 0) is 64.8 Å². The zero-order valence-corrected chi connectivity index (χ0v) is 11.8. The van der Waals surface area contributed by atoms with Crippen LogP contribution in [0.25, 0.3) is 0 Å². The van der Waals surface area contributed by atoms with Crippen molar-refractivity contribution in [3.63, 3.8) is 0 Å². The van der Waals surface area contributed by atoms with Gasteiger partial charge in [0.2, 0.25) is 0 Å². The first kappa shape index (κ1) is 13.7. The third kappa shape index (κ3) is 3.16. The second kappa shape index (κ2) is 5.08. The van der Waals surface area contributed by atoms with Crippen LogP contribution in [0.5, 0.6) is 0 Å². The van der Waals surface area contributed by atoms with Crippen molar-refractivity contribution in [2.45, 2.75) is 58.1 Å². The molecule has 1 aliphatic carbocycles. The molecule has 1 saturated carbocycles. The van der Waals surface area contributed by atoms with E-state index in [1.807, 2.05) is 25.7 Å². The molecule has 4 heteroatoms. The molecule has 2 unspecified atom stereocenters. The Labute approximate surface area is 110 Å². The molecule has 0 aromatic rings. The quantitative estimate of drug-likeness (QED) is 0.841. The van der Waals surface area contributed by atoms with Gasteiger partial charge in [-0.2, -0.15) is 0 Å². The number of likely N-dealkylation sites (tertiary alicyclic amines) is 1. The minimum Gasteiger partial charge on any atom is -0.444 e. The summed E-state index contributed by atoms with van der Waals surface area (Å²) in [5.74, 6) is 1.27. The van der Waals surface area contributed by atoms with Gasteiger partial charge >= 0.3 is 6.09 Å². The van der Waals surface area contributed by atoms with Crippen LogP contribution in [0, 0.1) is 11.8 Å². The molecule has 4 nitrogen and oxygen atoms in total. The number of ether oxygens (including phenoxy) is 1. The molecule has 1 saturated heterocycles. The van der Waals surface area contributed by atoms with Gasteiger partial charge in [-0.1, -0.05) is 0 Å². The summed E-state index contributed by atoms with van der Waals surface area (Å²) in [5, 5.41) is 0. The minimum atomic E-state index is -0.406. The lowest BCUT2D eigenvalue weighted by molar-refractivity contribution is 0.0186. The summed E-state index contributed by atoms with van der Waals surface area (Å²) in [6.45, 7) is 7.32. The zero-order valence-electron chi connectivity index (χ0n) is 11.8. The summed E-state index contributed by atoms with van der Waals surface area (Å²) < 4.78 is 5.51. The van der Waals surface area contributed by atoms with Crippen molar-refractivity contribution in [3.05, 3.63) is 0 Å². The highest BCUT2D eigenvalue weighted by molar-refractivity contribution is 5.69. The Balaban J connectivity index is 2.01. The SMILES string of the molecule is CC(C)(C)OC(=O)N1CCC(CCN)C1C1CC1. The van der Waals surface area contributed by atoms with E-state index in [-0.39, 0.29) is 6.09 Å². The van der Waals surface area contributed by atoms with E-state index in [1.54, 1.807) is 0 Å². The molecule has 2 fully saturated rings. The van der Waals surface area contributed by atoms with E-state index in [1.165, 1.54) is 12.8 Å². The predicted octanol–water partition coefficient (Wildman–Crippen LogP) is 2.37. The van der Waals surface area contributed by atoms with Crippen molar-refractivity contribution in [2.75, 3.05) is 13.1 Å². The van der Waals surface area contributed by atoms with Gasteiger partial charge in [0.05, 0.1) is 0 Å². The Morgan fingerprint density at radius 3 is 2.50 bits per heavy atom. The average molecular weight is 254 g/mol. The molecule has 1 amide bonds. The Hall–Kier alpha value is -0.770. The van der Waals surface area contributed by atoms with E-state index in [2.05, 4.69) is 0 Å². The van der Waals surface area contributed by atoms with E-state index in [0.29, 0.717) is 17.9 Å². The number of hydrogen-bond donors (Lipinski definition) is 1. The smallest absolute Gasteiger partial charge is 0.410 e. The number of carbonyl (C=O) groups is 1. The molecular weight excluding hydrogens is 228 g/mol. The third-order valence-corrected chi connectivity index (χ3v) is 3.85. The first-order valence-corrected chi connectivity index (χ1v) is 7.12. The number of nitrogens with zero attached hydrogens (tertiary/aromatic N) is 1. The molecule has 0 aromatic carbocycles. The number of carbonyl (C=O) groups excluding carboxylic acids is 1. The molecule has 1 heterocycles. The van der Waals surface area contributed by atoms with Crippen molar-refractivity contribution < 1.29 is 9.53 Å². The first-order chi connectivity index (χ1) is 8.42. The third-order valence-electron chi connectivity index (χ3n) is 3.85. The Morgan fingerprint density at radius 2 is 2.00 bits per heavy atom. The van der Waals surface area contributed by atoms with Gasteiger partial charge in [0.25, 0.3) is 0 Å². The molecule has 2 rings (SSSR count). The highest BCUT2D eigenvalue weighted by Gasteiger charge is 2.46. The van der Waals surface area contributed by atoms with E-state index >= 15 is 0 Å². The lowest BCUT2D eigenvalue weighted by atomic mass is 9.93. The summed E-state index contributed by atoms with van der Waals surface area (Å²) in [4.78, 5) is 14.2. The normalized spacial score (nSPS) is 28.6. The monoisotopic (exact) mass is 254 g/mol. The molecule has 104 valence electrons. The zero-order chi connectivity index (χ0) is 13.3. The number of amides is 1. The summed E-state index contributed by atoms with van der Waals surface area (Å²) in [6, 6.07) is 0.378. The van der Waals surface area contributed by atoms with Crippen molar-refractivity contribution in [1.29, 1.82) is 0 Å². The van der Waals surface area contributed by atoms with Gasteiger partial charge in [-0.15, -0.1) is 0 Å². The fourth-order valence-electron chi connectivity index (χ4n) is 3.02. The van der Waals surface area contributed by atoms with Gasteiger partial charge in [0, 0.05) is 12.6 Å². The molecule has 0 radical (unpaired) electrons. The van der Waals surface area contributed by atoms with Crippen LogP contribution < -0.4 is 5.73 Å². The molecule has 18 heavy (non-hydrogen) atoms. The predicted molar refractivity (Wildman–Crippen MR) is 71.2 cm³/mol. The molecule has 0 bridgehead atoms. The van der Waals surface area contributed by atoms with Crippen LogP contribution in [0.2, 0.25) is 0 Å². The average Bonchev–Trinajstić information content (AvgIpc) is 2.98. The molecule has 0 aromatic heterocycles. The summed E-state index contributed by atoms with van der Waals surface area (Å²) in [6.07, 6.45) is 4.48. The van der Waals surface area contributed by atoms with E-state index in [0.717, 1.165) is 25.9 Å². The van der Waals surface area contributed by atoms with Gasteiger partial charge in [0.1, 0.15) is 5.60 Å². The first-order valence-electron chi connectivity index (χ1n) is 7.12. The maximum atomic E-state index is 12.2. The molecule has 2 atom stereocenters. The summed E-state index contributed by atoms with van der Waals surface area (Å²) in [7, 11) is 0. The minimum absolute atomic E-state index is 0.140. The van der Waals surface area contributed by atoms with E-state index in [9.17, 15) is 4.79 Å². The van der Waals surface area contributed by atoms with E-state index < -0.39 is 5.60 Å². The molecule has 1 aliphatic heterocycles. The topological polar surface area (TPSA) is 55.6 Å². The Morgan fingerprint density at radius 1 is 1.33 bits per heavy atom. The Bertz CT molecular complexity index is 307. The highest BCUT2D eigenvalue weighted by atomic mass is 16.6. The molecular formula is C14H26N2O2. The fraction of sp³-hybridized carbons (Fsp3) is 0.929. The van der Waals surface area contributed by atoms with Crippen LogP contribution in [0.3, 0.4) is 0 Å². The molecule has 0 spiro atoms. The fourth-order valence-corrected chi connectivity index (χ4v) is 3.02. The Kier molecular flexibility index (Phi) is 3.85. The maximum absolute atomic E-state index is 12.2. The molecule has 2 N–H and O–H groups in total. The summed E-state index contributed by atoms with van der Waals surface area (Å²) in [5.41, 5.74) is 5.27. The second-order valence-electron chi connectivity index (χ2n) is 6.63. The highest BCUT2D eigenvalue weighted by Crippen LogP contribution is 2.44. The van der Waals surface area contributed by atoms with Crippen LogP contribution in [0.4, 0.5) is 4.79 Å². The van der Waals surface area contributed by atoms with Gasteiger partial charge < -0.3 is 15.4 Å². The van der Waals surface area contributed by atoms with Crippen LogP contribution in [-0.2, 0) is 4.74 Å². The lowest BCUT2D eigenvalue weighted by Gasteiger charge is -2.30. The van der Waals surface area contributed by atoms with Gasteiger partial charge in [-0.25, -0.2) is 4.79 Å².